The van der Waals surface area contributed by atoms with Gasteiger partial charge in [-0.3, -0.25) is 19.3 Å². The van der Waals surface area contributed by atoms with Crippen molar-refractivity contribution in [2.24, 2.45) is 0 Å². The molecule has 6 nitrogen and oxygen atoms in total. The van der Waals surface area contributed by atoms with Gasteiger partial charge < -0.3 is 10.1 Å². The summed E-state index contributed by atoms with van der Waals surface area (Å²) in [6, 6.07) is 14.0. The molecule has 0 unspecified atom stereocenters. The van der Waals surface area contributed by atoms with Gasteiger partial charge in [0.25, 0.3) is 11.1 Å². The van der Waals surface area contributed by atoms with Crippen LogP contribution in [0.25, 0.3) is 6.08 Å². The second-order valence-corrected chi connectivity index (χ2v) is 8.10. The fraction of sp³-hybridized carbons (Fsp3) is 0.227. The lowest BCUT2D eigenvalue weighted by Gasteiger charge is -2.13. The third kappa shape index (κ3) is 5.43. The summed E-state index contributed by atoms with van der Waals surface area (Å²) in [4.78, 5) is 38.3. The zero-order valence-corrected chi connectivity index (χ0v) is 18.1. The fourth-order valence-electron chi connectivity index (χ4n) is 2.64. The molecule has 0 bridgehead atoms. The molecule has 8 heteroatoms. The monoisotopic (exact) mass is 444 g/mol. The van der Waals surface area contributed by atoms with E-state index in [9.17, 15) is 14.4 Å². The van der Waals surface area contributed by atoms with Crippen LogP contribution >= 0.6 is 23.4 Å². The molecule has 1 atom stereocenters. The Morgan fingerprint density at radius 1 is 1.20 bits per heavy atom. The number of ether oxygens (including phenoxy) is 1. The van der Waals surface area contributed by atoms with Crippen LogP contribution in [0, 0.1) is 0 Å². The number of hydrogen-bond donors (Lipinski definition) is 1. The van der Waals surface area contributed by atoms with Crippen LogP contribution in [-0.2, 0) is 9.59 Å². The van der Waals surface area contributed by atoms with Crippen molar-refractivity contribution in [2.75, 3.05) is 11.9 Å². The Morgan fingerprint density at radius 3 is 2.57 bits per heavy atom. The van der Waals surface area contributed by atoms with E-state index in [0.717, 1.165) is 34.4 Å². The van der Waals surface area contributed by atoms with Gasteiger partial charge in [-0.25, -0.2) is 0 Å². The first-order chi connectivity index (χ1) is 14.4. The van der Waals surface area contributed by atoms with Crippen molar-refractivity contribution in [3.05, 3.63) is 64.0 Å². The molecular formula is C22H21ClN2O4S. The van der Waals surface area contributed by atoms with E-state index in [4.69, 9.17) is 16.3 Å². The van der Waals surface area contributed by atoms with Gasteiger partial charge >= 0.3 is 0 Å². The highest BCUT2D eigenvalue weighted by Crippen LogP contribution is 2.32. The van der Waals surface area contributed by atoms with Crippen LogP contribution in [0.1, 0.15) is 25.8 Å². The molecule has 1 aliphatic heterocycles. The van der Waals surface area contributed by atoms with Crippen molar-refractivity contribution in [3.63, 3.8) is 0 Å². The Balaban J connectivity index is 1.65. The predicted octanol–water partition coefficient (Wildman–Crippen LogP) is 5.19. The van der Waals surface area contributed by atoms with Gasteiger partial charge in [0.1, 0.15) is 12.3 Å². The van der Waals surface area contributed by atoms with E-state index in [2.05, 4.69) is 5.32 Å². The van der Waals surface area contributed by atoms with E-state index in [1.807, 2.05) is 38.1 Å². The highest BCUT2D eigenvalue weighted by Gasteiger charge is 2.36. The summed E-state index contributed by atoms with van der Waals surface area (Å²) < 4.78 is 5.74. The van der Waals surface area contributed by atoms with Crippen molar-refractivity contribution in [2.45, 2.75) is 26.4 Å². The molecule has 156 valence electrons. The van der Waals surface area contributed by atoms with Crippen molar-refractivity contribution < 1.29 is 19.1 Å². The average molecular weight is 445 g/mol. The number of carbonyl (C=O) groups is 3. The molecule has 30 heavy (non-hydrogen) atoms. The largest absolute Gasteiger partial charge is 0.491 e. The summed E-state index contributed by atoms with van der Waals surface area (Å²) in [6.07, 6.45) is 2.65. The number of halogens is 1. The van der Waals surface area contributed by atoms with E-state index >= 15 is 0 Å². The highest BCUT2D eigenvalue weighted by molar-refractivity contribution is 8.18. The van der Waals surface area contributed by atoms with Gasteiger partial charge in [-0.05, 0) is 61.0 Å². The molecular weight excluding hydrogens is 424 g/mol. The van der Waals surface area contributed by atoms with Gasteiger partial charge in [0.2, 0.25) is 5.91 Å². The number of nitrogens with zero attached hydrogens (tertiary/aromatic N) is 1. The van der Waals surface area contributed by atoms with Crippen LogP contribution in [0.2, 0.25) is 5.02 Å². The summed E-state index contributed by atoms with van der Waals surface area (Å²) in [7, 11) is 0. The quantitative estimate of drug-likeness (QED) is 0.594. The molecule has 3 amide bonds. The molecule has 1 fully saturated rings. The molecule has 1 aliphatic rings. The van der Waals surface area contributed by atoms with E-state index in [-0.39, 0.29) is 17.6 Å². The molecule has 2 aromatic carbocycles. The molecule has 2 aromatic rings. The van der Waals surface area contributed by atoms with Gasteiger partial charge in [-0.1, -0.05) is 42.8 Å². The molecule has 0 saturated carbocycles. The maximum Gasteiger partial charge on any atom is 0.294 e. The predicted molar refractivity (Wildman–Crippen MR) is 120 cm³/mol. The van der Waals surface area contributed by atoms with Gasteiger partial charge in [-0.15, -0.1) is 0 Å². The summed E-state index contributed by atoms with van der Waals surface area (Å²) in [5, 5.41) is 2.50. The van der Waals surface area contributed by atoms with Gasteiger partial charge in [0.15, 0.2) is 0 Å². The Hall–Kier alpha value is -2.77. The van der Waals surface area contributed by atoms with E-state index in [1.54, 1.807) is 30.3 Å². The van der Waals surface area contributed by atoms with Crippen LogP contribution in [0.3, 0.4) is 0 Å². The number of amides is 3. The SMILES string of the molecule is CC[C@H](C)Oc1ccc(/C=C2/SC(=O)N(CC(=O)Nc3ccccc3Cl)C2=O)cc1. The third-order valence-corrected chi connectivity index (χ3v) is 5.65. The lowest BCUT2D eigenvalue weighted by atomic mass is 10.2. The second kappa shape index (κ2) is 9.82. The first-order valence-electron chi connectivity index (χ1n) is 9.44. The molecule has 0 spiro atoms. The molecule has 0 aromatic heterocycles. The normalized spacial score (nSPS) is 16.1. The van der Waals surface area contributed by atoms with Crippen molar-refractivity contribution in [1.29, 1.82) is 0 Å². The number of anilines is 1. The van der Waals surface area contributed by atoms with Crippen LogP contribution < -0.4 is 10.1 Å². The van der Waals surface area contributed by atoms with E-state index < -0.39 is 17.1 Å². The number of imide groups is 1. The number of nitrogens with one attached hydrogen (secondary N) is 1. The summed E-state index contributed by atoms with van der Waals surface area (Å²) in [5.41, 5.74) is 1.18. The summed E-state index contributed by atoms with van der Waals surface area (Å²) in [6.45, 7) is 3.66. The molecule has 0 aliphatic carbocycles. The molecule has 3 rings (SSSR count). The number of benzene rings is 2. The number of carbonyl (C=O) groups excluding carboxylic acids is 3. The Labute approximate surface area is 184 Å². The first-order valence-corrected chi connectivity index (χ1v) is 10.6. The van der Waals surface area contributed by atoms with Crippen molar-refractivity contribution in [1.82, 2.24) is 4.90 Å². The number of para-hydroxylation sites is 1. The smallest absolute Gasteiger partial charge is 0.294 e. The highest BCUT2D eigenvalue weighted by atomic mass is 35.5. The van der Waals surface area contributed by atoms with Crippen molar-refractivity contribution in [3.8, 4) is 5.75 Å². The van der Waals surface area contributed by atoms with Crippen molar-refractivity contribution >= 4 is 52.2 Å². The fourth-order valence-corrected chi connectivity index (χ4v) is 3.66. The topological polar surface area (TPSA) is 75.7 Å². The third-order valence-electron chi connectivity index (χ3n) is 4.41. The molecule has 0 radical (unpaired) electrons. The Morgan fingerprint density at radius 2 is 1.90 bits per heavy atom. The van der Waals surface area contributed by atoms with Crippen LogP contribution in [-0.4, -0.2) is 34.6 Å². The zero-order valence-electron chi connectivity index (χ0n) is 16.6. The van der Waals surface area contributed by atoms with Crippen LogP contribution in [0.5, 0.6) is 5.75 Å². The van der Waals surface area contributed by atoms with E-state index in [0.29, 0.717) is 10.7 Å². The second-order valence-electron chi connectivity index (χ2n) is 6.70. The van der Waals surface area contributed by atoms with Crippen LogP contribution in [0.15, 0.2) is 53.4 Å². The minimum atomic E-state index is -0.502. The minimum Gasteiger partial charge on any atom is -0.491 e. The lowest BCUT2D eigenvalue weighted by Crippen LogP contribution is -2.36. The van der Waals surface area contributed by atoms with Gasteiger partial charge in [0, 0.05) is 0 Å². The van der Waals surface area contributed by atoms with Gasteiger partial charge in [-0.2, -0.15) is 0 Å². The first kappa shape index (κ1) is 21.9. The molecule has 1 N–H and O–H groups in total. The molecule has 1 saturated heterocycles. The number of thioether (sulfide) groups is 1. The number of hydrogen-bond acceptors (Lipinski definition) is 5. The van der Waals surface area contributed by atoms with E-state index in [1.165, 1.54) is 0 Å². The van der Waals surface area contributed by atoms with Gasteiger partial charge in [0.05, 0.1) is 21.7 Å². The number of rotatable bonds is 7. The maximum atomic E-state index is 12.6. The van der Waals surface area contributed by atoms with Crippen LogP contribution in [0.4, 0.5) is 10.5 Å². The Kier molecular flexibility index (Phi) is 7.18. The average Bonchev–Trinajstić information content (AvgIpc) is 2.98. The Bertz CT molecular complexity index is 991. The maximum absolute atomic E-state index is 12.6. The summed E-state index contributed by atoms with van der Waals surface area (Å²) in [5.74, 6) is -0.261. The molecule has 1 heterocycles. The lowest BCUT2D eigenvalue weighted by molar-refractivity contribution is -0.127. The zero-order chi connectivity index (χ0) is 21.7. The minimum absolute atomic E-state index is 0.115. The standard InChI is InChI=1S/C22H21ClN2O4S/c1-3-14(2)29-16-10-8-15(9-11-16)12-19-21(27)25(22(28)30-19)13-20(26)24-18-7-5-4-6-17(18)23/h4-12,14H,3,13H2,1-2H3,(H,24,26)/b19-12+/t14-/m0/s1. The summed E-state index contributed by atoms with van der Waals surface area (Å²) >= 11 is 6.83.